The van der Waals surface area contributed by atoms with Crippen LogP contribution in [0.4, 0.5) is 17.7 Å². The molecule has 2 aliphatic heterocycles. The van der Waals surface area contributed by atoms with Crippen molar-refractivity contribution in [3.05, 3.63) is 41.7 Å². The van der Waals surface area contributed by atoms with Crippen molar-refractivity contribution in [3.8, 4) is 0 Å². The Labute approximate surface area is 177 Å². The summed E-state index contributed by atoms with van der Waals surface area (Å²) in [7, 11) is 0. The second kappa shape index (κ2) is 8.05. The molecule has 0 saturated carbocycles. The van der Waals surface area contributed by atoms with Crippen LogP contribution in [0.5, 0.6) is 0 Å². The Morgan fingerprint density at radius 3 is 1.90 bits per heavy atom. The van der Waals surface area contributed by atoms with Crippen LogP contribution in [0.25, 0.3) is 10.9 Å². The molecule has 0 atom stereocenters. The van der Waals surface area contributed by atoms with E-state index in [-0.39, 0.29) is 0 Å². The lowest BCUT2D eigenvalue weighted by Gasteiger charge is -2.36. The molecular formula is C23H29N7. The van der Waals surface area contributed by atoms with Gasteiger partial charge in [0.2, 0.25) is 11.9 Å². The first kappa shape index (κ1) is 19.0. The van der Waals surface area contributed by atoms with E-state index in [1.54, 1.807) is 0 Å². The van der Waals surface area contributed by atoms with Crippen molar-refractivity contribution < 1.29 is 0 Å². The van der Waals surface area contributed by atoms with Gasteiger partial charge in [0, 0.05) is 56.0 Å². The molecule has 30 heavy (non-hydrogen) atoms. The summed E-state index contributed by atoms with van der Waals surface area (Å²) in [5.41, 5.74) is 3.07. The van der Waals surface area contributed by atoms with E-state index in [1.807, 2.05) is 19.9 Å². The van der Waals surface area contributed by atoms with Crippen molar-refractivity contribution in [1.82, 2.24) is 19.9 Å². The van der Waals surface area contributed by atoms with Crippen LogP contribution in [-0.2, 0) is 0 Å². The average molecular weight is 404 g/mol. The number of hydrogen-bond acceptors (Lipinski definition) is 7. The van der Waals surface area contributed by atoms with E-state index < -0.39 is 0 Å². The van der Waals surface area contributed by atoms with Crippen LogP contribution < -0.4 is 14.7 Å². The predicted molar refractivity (Wildman–Crippen MR) is 122 cm³/mol. The number of para-hydroxylation sites is 1. The van der Waals surface area contributed by atoms with Gasteiger partial charge in [0.15, 0.2) is 0 Å². The molecule has 2 aliphatic rings. The number of nitrogens with zero attached hydrogens (tertiary/aromatic N) is 7. The monoisotopic (exact) mass is 403 g/mol. The molecule has 0 amide bonds. The quantitative estimate of drug-likeness (QED) is 0.664. The lowest BCUT2D eigenvalue weighted by Crippen LogP contribution is -2.48. The molecule has 0 radical (unpaired) electrons. The van der Waals surface area contributed by atoms with Crippen LogP contribution >= 0.6 is 0 Å². The van der Waals surface area contributed by atoms with Gasteiger partial charge in [-0.2, -0.15) is 4.98 Å². The molecule has 1 aromatic carbocycles. The Balaban J connectivity index is 1.40. The lowest BCUT2D eigenvalue weighted by atomic mass is 10.1. The fraction of sp³-hybridized carbons (Fsp3) is 0.478. The minimum atomic E-state index is 0.834. The fourth-order valence-corrected chi connectivity index (χ4v) is 4.49. The highest BCUT2D eigenvalue weighted by Crippen LogP contribution is 2.29. The van der Waals surface area contributed by atoms with Gasteiger partial charge in [-0.15, -0.1) is 0 Å². The number of aromatic nitrogens is 4. The molecule has 4 heterocycles. The standard InChI is InChI=1S/C23H29N7/c1-17-16-18(2)25-22(24-17)29-12-14-30(15-13-29)23-26-20-9-5-4-8-19(20)21(27-23)28-10-6-3-7-11-28/h4-5,8-9,16H,3,6-7,10-15H2,1-2H3. The van der Waals surface area contributed by atoms with Crippen LogP contribution in [0, 0.1) is 13.8 Å². The zero-order valence-electron chi connectivity index (χ0n) is 17.9. The second-order valence-electron chi connectivity index (χ2n) is 8.34. The smallest absolute Gasteiger partial charge is 0.228 e. The Morgan fingerprint density at radius 2 is 1.23 bits per heavy atom. The van der Waals surface area contributed by atoms with Crippen molar-refractivity contribution in [3.63, 3.8) is 0 Å². The predicted octanol–water partition coefficient (Wildman–Crippen LogP) is 3.35. The average Bonchev–Trinajstić information content (AvgIpc) is 2.78. The lowest BCUT2D eigenvalue weighted by molar-refractivity contribution is 0.573. The molecule has 7 nitrogen and oxygen atoms in total. The third kappa shape index (κ3) is 3.76. The van der Waals surface area contributed by atoms with Crippen LogP contribution in [0.3, 0.4) is 0 Å². The molecule has 0 aliphatic carbocycles. The Morgan fingerprint density at radius 1 is 0.633 bits per heavy atom. The van der Waals surface area contributed by atoms with Crippen molar-refractivity contribution in [2.75, 3.05) is 54.0 Å². The summed E-state index contributed by atoms with van der Waals surface area (Å²) in [6.07, 6.45) is 3.79. The van der Waals surface area contributed by atoms with Crippen molar-refractivity contribution in [2.24, 2.45) is 0 Å². The Bertz CT molecular complexity index is 1020. The van der Waals surface area contributed by atoms with Crippen molar-refractivity contribution >= 4 is 28.6 Å². The van der Waals surface area contributed by atoms with E-state index >= 15 is 0 Å². The maximum absolute atomic E-state index is 5.07. The van der Waals surface area contributed by atoms with Gasteiger partial charge in [-0.25, -0.2) is 15.0 Å². The summed E-state index contributed by atoms with van der Waals surface area (Å²) in [6.45, 7) is 9.70. The first-order valence-electron chi connectivity index (χ1n) is 11.0. The molecule has 0 spiro atoms. The zero-order chi connectivity index (χ0) is 20.5. The highest BCUT2D eigenvalue weighted by molar-refractivity contribution is 5.90. The largest absolute Gasteiger partial charge is 0.356 e. The van der Waals surface area contributed by atoms with Crippen LogP contribution in [0.15, 0.2) is 30.3 Å². The van der Waals surface area contributed by atoms with Crippen molar-refractivity contribution in [2.45, 2.75) is 33.1 Å². The van der Waals surface area contributed by atoms with Gasteiger partial charge in [-0.05, 0) is 51.3 Å². The fourth-order valence-electron chi connectivity index (χ4n) is 4.49. The van der Waals surface area contributed by atoms with Crippen LogP contribution in [-0.4, -0.2) is 59.2 Å². The molecule has 5 rings (SSSR count). The number of anilines is 3. The molecular weight excluding hydrogens is 374 g/mol. The summed E-state index contributed by atoms with van der Waals surface area (Å²) in [5.74, 6) is 2.77. The van der Waals surface area contributed by atoms with Gasteiger partial charge >= 0.3 is 0 Å². The molecule has 0 bridgehead atoms. The number of rotatable bonds is 3. The SMILES string of the molecule is Cc1cc(C)nc(N2CCN(c3nc(N4CCCCC4)c4ccccc4n3)CC2)n1. The molecule has 0 N–H and O–H groups in total. The van der Waals surface area contributed by atoms with E-state index in [2.05, 4.69) is 48.9 Å². The summed E-state index contributed by atoms with van der Waals surface area (Å²) in [6, 6.07) is 10.4. The van der Waals surface area contributed by atoms with E-state index in [9.17, 15) is 0 Å². The summed E-state index contributed by atoms with van der Waals surface area (Å²) < 4.78 is 0. The molecule has 2 aromatic heterocycles. The van der Waals surface area contributed by atoms with Gasteiger partial charge in [0.05, 0.1) is 5.52 Å². The number of hydrogen-bond donors (Lipinski definition) is 0. The molecule has 7 heteroatoms. The van der Waals surface area contributed by atoms with E-state index in [1.165, 1.54) is 19.3 Å². The van der Waals surface area contributed by atoms with E-state index in [0.717, 1.165) is 79.3 Å². The van der Waals surface area contributed by atoms with Gasteiger partial charge in [-0.3, -0.25) is 0 Å². The maximum atomic E-state index is 5.07. The minimum Gasteiger partial charge on any atom is -0.356 e. The van der Waals surface area contributed by atoms with Gasteiger partial charge in [0.1, 0.15) is 5.82 Å². The van der Waals surface area contributed by atoms with Gasteiger partial charge < -0.3 is 14.7 Å². The Hall–Kier alpha value is -2.96. The number of piperazine rings is 1. The molecule has 0 unspecified atom stereocenters. The zero-order valence-corrected chi connectivity index (χ0v) is 17.9. The first-order valence-corrected chi connectivity index (χ1v) is 11.0. The number of aryl methyl sites for hydroxylation is 2. The van der Waals surface area contributed by atoms with Crippen LogP contribution in [0.1, 0.15) is 30.7 Å². The normalized spacial score (nSPS) is 17.6. The molecule has 2 saturated heterocycles. The topological polar surface area (TPSA) is 61.3 Å². The summed E-state index contributed by atoms with van der Waals surface area (Å²) in [4.78, 5) is 26.3. The third-order valence-electron chi connectivity index (χ3n) is 6.04. The summed E-state index contributed by atoms with van der Waals surface area (Å²) >= 11 is 0. The second-order valence-corrected chi connectivity index (χ2v) is 8.34. The van der Waals surface area contributed by atoms with Crippen LogP contribution in [0.2, 0.25) is 0 Å². The third-order valence-corrected chi connectivity index (χ3v) is 6.04. The van der Waals surface area contributed by atoms with Crippen molar-refractivity contribution in [1.29, 1.82) is 0 Å². The highest BCUT2D eigenvalue weighted by Gasteiger charge is 2.24. The molecule has 3 aromatic rings. The number of benzene rings is 1. The molecule has 2 fully saturated rings. The Kier molecular flexibility index (Phi) is 5.11. The van der Waals surface area contributed by atoms with E-state index in [0.29, 0.717) is 0 Å². The maximum Gasteiger partial charge on any atom is 0.228 e. The number of fused-ring (bicyclic) bond motifs is 1. The summed E-state index contributed by atoms with van der Waals surface area (Å²) in [5, 5.41) is 1.16. The highest BCUT2D eigenvalue weighted by atomic mass is 15.4. The number of piperidine rings is 1. The minimum absolute atomic E-state index is 0.834. The van der Waals surface area contributed by atoms with E-state index in [4.69, 9.17) is 9.97 Å². The first-order chi connectivity index (χ1) is 14.7. The van der Waals surface area contributed by atoms with Gasteiger partial charge in [-0.1, -0.05) is 12.1 Å². The van der Waals surface area contributed by atoms with Gasteiger partial charge in [0.25, 0.3) is 0 Å². The molecule has 156 valence electrons.